The second kappa shape index (κ2) is 20.1. The van der Waals surface area contributed by atoms with Gasteiger partial charge in [-0.1, -0.05) is 218 Å². The lowest BCUT2D eigenvalue weighted by atomic mass is 9.97. The van der Waals surface area contributed by atoms with E-state index in [1.54, 1.807) is 0 Å². The second-order valence-corrected chi connectivity index (χ2v) is 29.5. The Morgan fingerprint density at radius 2 is 0.661 bits per heavy atom. The predicted octanol–water partition coefficient (Wildman–Crippen LogP) is 25.5. The van der Waals surface area contributed by atoms with Gasteiger partial charge in [-0.3, -0.25) is 13.7 Å². The molecule has 11 heterocycles. The molecule has 0 N–H and O–H groups in total. The molecule has 0 aliphatic heterocycles. The highest BCUT2D eigenvalue weighted by atomic mass is 16.3. The molecule has 0 unspecified atom stereocenters. The first-order valence-corrected chi connectivity index (χ1v) is 37.1. The van der Waals surface area contributed by atoms with Crippen molar-refractivity contribution in [2.45, 2.75) is 0 Å². The van der Waals surface area contributed by atoms with Crippen molar-refractivity contribution in [3.8, 4) is 40.1 Å². The number of furan rings is 2. The number of para-hydroxylation sites is 6. The number of hydrogen-bond acceptors (Lipinski definition) is 6. The van der Waals surface area contributed by atoms with Gasteiger partial charge in [0.25, 0.3) is 0 Å². The number of fused-ring (bicyclic) bond motifs is 34. The molecule has 11 heteroatoms. The van der Waals surface area contributed by atoms with Gasteiger partial charge in [0.15, 0.2) is 28.6 Å². The molecule has 0 radical (unpaired) electrons. The Morgan fingerprint density at radius 1 is 0.220 bits per heavy atom. The summed E-state index contributed by atoms with van der Waals surface area (Å²) in [5.41, 5.74) is 20.3. The zero-order valence-electron chi connectivity index (χ0n) is 57.8. The summed E-state index contributed by atoms with van der Waals surface area (Å²) >= 11 is 0. The summed E-state index contributed by atoms with van der Waals surface area (Å²) in [5.74, 6) is 2.50. The molecular formula is C98H51N9O2. The molecule has 27 aromatic rings. The Labute approximate surface area is 615 Å². The van der Waals surface area contributed by atoms with Crippen molar-refractivity contribution < 1.29 is 8.83 Å². The van der Waals surface area contributed by atoms with E-state index in [0.29, 0.717) is 34.6 Å². The van der Waals surface area contributed by atoms with Crippen molar-refractivity contribution >= 4 is 218 Å². The van der Waals surface area contributed by atoms with E-state index < -0.39 is 0 Å². The molecule has 0 bridgehead atoms. The van der Waals surface area contributed by atoms with Gasteiger partial charge >= 0.3 is 0 Å². The van der Waals surface area contributed by atoms with E-state index in [9.17, 15) is 0 Å². The van der Waals surface area contributed by atoms with Crippen LogP contribution in [-0.4, -0.2) is 42.4 Å². The van der Waals surface area contributed by atoms with Crippen molar-refractivity contribution in [2.75, 3.05) is 0 Å². The molecule has 27 rings (SSSR count). The van der Waals surface area contributed by atoms with Crippen molar-refractivity contribution in [1.82, 2.24) is 42.4 Å². The molecule has 0 amide bonds. The van der Waals surface area contributed by atoms with Crippen molar-refractivity contribution in [2.24, 2.45) is 0 Å². The van der Waals surface area contributed by atoms with Gasteiger partial charge in [0, 0.05) is 91.7 Å². The molecule has 500 valence electrons. The molecular weight excluding hydrogens is 1340 g/mol. The Morgan fingerprint density at radius 3 is 1.28 bits per heavy atom. The van der Waals surface area contributed by atoms with Crippen LogP contribution in [-0.2, 0) is 0 Å². The zero-order chi connectivity index (χ0) is 70.3. The molecule has 0 saturated carbocycles. The standard InChI is InChI=1S/C98H51N9O2/c1-2-22-55-47-58(38-37-52(55)19-1)95-99-90-70-48-56(42-46-82(70)109-94(90)96(101-95)105-76-44-40-53-20-3-5-23-59(53)83(76)87-79(105)50-68-63-27-9-13-31-71(63)103-75-35-17-11-29-65(75)85(87)91(68)103)57-39-43-66-78(49-57)104-72-32-14-10-28-64(72)69-51-80-88(86(66)92(69)104)84-60-24-6-4-21-54(60)41-45-77(84)106(80)97-93-89(67-30-12-18-36-81(67)108-93)100-98(102-97)107-73-33-15-7-25-61(73)62-26-8-16-34-74(62)107/h1-51H. The van der Waals surface area contributed by atoms with Gasteiger partial charge in [-0.2, -0.15) is 4.98 Å². The highest BCUT2D eigenvalue weighted by Crippen LogP contribution is 2.53. The number of rotatable bonds is 5. The molecule has 109 heavy (non-hydrogen) atoms. The van der Waals surface area contributed by atoms with E-state index in [-0.39, 0.29) is 0 Å². The maximum Gasteiger partial charge on any atom is 0.237 e. The average Bonchev–Trinajstić information content (AvgIpc) is 1.51. The van der Waals surface area contributed by atoms with E-state index in [4.69, 9.17) is 28.8 Å². The molecule has 0 atom stereocenters. The number of aromatic nitrogens is 9. The fourth-order valence-corrected chi connectivity index (χ4v) is 19.6. The van der Waals surface area contributed by atoms with E-state index in [2.05, 4.69) is 320 Å². The van der Waals surface area contributed by atoms with Crippen molar-refractivity contribution in [1.29, 1.82) is 0 Å². The summed E-state index contributed by atoms with van der Waals surface area (Å²) in [7, 11) is 0. The van der Waals surface area contributed by atoms with Gasteiger partial charge in [-0.15, -0.1) is 0 Å². The minimum Gasteiger partial charge on any atom is -0.450 e. The van der Waals surface area contributed by atoms with Crippen LogP contribution in [0.2, 0.25) is 0 Å². The molecule has 0 saturated heterocycles. The number of benzene rings is 16. The first kappa shape index (κ1) is 56.5. The molecule has 0 aliphatic rings. The van der Waals surface area contributed by atoms with E-state index in [0.717, 1.165) is 153 Å². The fraction of sp³-hybridized carbons (Fsp3) is 0. The van der Waals surface area contributed by atoms with Crippen LogP contribution >= 0.6 is 0 Å². The normalized spacial score (nSPS) is 12.8. The largest absolute Gasteiger partial charge is 0.450 e. The van der Waals surface area contributed by atoms with E-state index in [1.807, 2.05) is 12.1 Å². The predicted molar refractivity (Wildman–Crippen MR) is 448 cm³/mol. The summed E-state index contributed by atoms with van der Waals surface area (Å²) in [4.78, 5) is 22.8. The first-order valence-electron chi connectivity index (χ1n) is 37.1. The SMILES string of the molecule is c1ccc2cc(-c3nc(-n4c5ccc6ccccc6c5c5c6c7ccccc7n7c8ccccc8c(cc54)c67)c4oc5ccc(-c6ccc7c8c9c%10c%11ccccc%11ccc%10n(-c%10nc(-n%11c%12ccccc%12c%12ccccc%12%11)nc%11c%10oc%10ccccc%10%11)c9cc9c%10ccccc%10n(c7c6)c98)cc5c4n3)ccc2c1. The van der Waals surface area contributed by atoms with E-state index >= 15 is 0 Å². The Hall–Kier alpha value is -14.9. The quantitative estimate of drug-likeness (QED) is 0.170. The van der Waals surface area contributed by atoms with E-state index in [1.165, 1.54) is 70.5 Å². The lowest BCUT2D eigenvalue weighted by molar-refractivity contribution is 0.661. The van der Waals surface area contributed by atoms with Crippen molar-refractivity contribution in [3.05, 3.63) is 309 Å². The van der Waals surface area contributed by atoms with Gasteiger partial charge in [0.05, 0.1) is 66.2 Å². The fourth-order valence-electron chi connectivity index (χ4n) is 19.6. The Balaban J connectivity index is 0.725. The highest BCUT2D eigenvalue weighted by Gasteiger charge is 2.32. The third kappa shape index (κ3) is 7.13. The van der Waals surface area contributed by atoms with Gasteiger partial charge in [0.1, 0.15) is 22.2 Å². The number of nitrogens with zero attached hydrogens (tertiary/aromatic N) is 9. The van der Waals surface area contributed by atoms with Crippen LogP contribution < -0.4 is 0 Å². The highest BCUT2D eigenvalue weighted by molar-refractivity contribution is 6.41. The molecule has 0 fully saturated rings. The molecule has 11 aromatic heterocycles. The summed E-state index contributed by atoms with van der Waals surface area (Å²) in [6.45, 7) is 0. The monoisotopic (exact) mass is 1390 g/mol. The van der Waals surface area contributed by atoms with Crippen LogP contribution in [0.1, 0.15) is 0 Å². The minimum absolute atomic E-state index is 0.561. The topological polar surface area (TPSA) is 101 Å². The third-order valence-corrected chi connectivity index (χ3v) is 24.1. The smallest absolute Gasteiger partial charge is 0.237 e. The van der Waals surface area contributed by atoms with Crippen LogP contribution in [0.5, 0.6) is 0 Å². The van der Waals surface area contributed by atoms with Gasteiger partial charge in [-0.25, -0.2) is 15.0 Å². The summed E-state index contributed by atoms with van der Waals surface area (Å²) < 4.78 is 26.4. The molecule has 11 nitrogen and oxygen atoms in total. The molecule has 0 spiro atoms. The Kier molecular flexibility index (Phi) is 10.4. The second-order valence-electron chi connectivity index (χ2n) is 29.5. The first-order chi connectivity index (χ1) is 54.1. The lowest BCUT2D eigenvalue weighted by Crippen LogP contribution is -2.06. The average molecular weight is 1390 g/mol. The number of hydrogen-bond donors (Lipinski definition) is 0. The zero-order valence-corrected chi connectivity index (χ0v) is 57.8. The third-order valence-electron chi connectivity index (χ3n) is 24.1. The molecule has 16 aromatic carbocycles. The maximum atomic E-state index is 7.37. The van der Waals surface area contributed by atoms with Crippen molar-refractivity contribution in [3.63, 3.8) is 0 Å². The van der Waals surface area contributed by atoms with Crippen LogP contribution in [0, 0.1) is 0 Å². The summed E-state index contributed by atoms with van der Waals surface area (Å²) in [5, 5.41) is 25.1. The summed E-state index contributed by atoms with van der Waals surface area (Å²) in [6.07, 6.45) is 0. The maximum absolute atomic E-state index is 7.37. The Bertz CT molecular complexity index is 8790. The van der Waals surface area contributed by atoms with Gasteiger partial charge < -0.3 is 17.6 Å². The lowest BCUT2D eigenvalue weighted by Gasteiger charge is -2.12. The van der Waals surface area contributed by atoms with Crippen LogP contribution in [0.4, 0.5) is 0 Å². The minimum atomic E-state index is 0.561. The van der Waals surface area contributed by atoms with Gasteiger partial charge in [0.2, 0.25) is 5.95 Å². The van der Waals surface area contributed by atoms with Crippen LogP contribution in [0.3, 0.4) is 0 Å². The van der Waals surface area contributed by atoms with Crippen LogP contribution in [0.25, 0.3) is 258 Å². The van der Waals surface area contributed by atoms with Gasteiger partial charge in [-0.05, 0) is 134 Å². The summed E-state index contributed by atoms with van der Waals surface area (Å²) in [6, 6.07) is 112. The molecule has 0 aliphatic carbocycles. The van der Waals surface area contributed by atoms with Crippen LogP contribution in [0.15, 0.2) is 318 Å².